The number of piperidine rings is 1. The maximum absolute atomic E-state index is 13.1. The molecule has 160 valence electrons. The van der Waals surface area contributed by atoms with Crippen LogP contribution in [0.4, 0.5) is 0 Å². The van der Waals surface area contributed by atoms with Crippen molar-refractivity contribution in [2.24, 2.45) is 4.40 Å². The Morgan fingerprint density at radius 3 is 2.81 bits per heavy atom. The summed E-state index contributed by atoms with van der Waals surface area (Å²) >= 11 is 1.70. The van der Waals surface area contributed by atoms with E-state index in [9.17, 15) is 13.2 Å². The summed E-state index contributed by atoms with van der Waals surface area (Å²) in [6.45, 7) is 1.42. The number of benzene rings is 2. The fourth-order valence-electron chi connectivity index (χ4n) is 4.21. The minimum absolute atomic E-state index is 0.0298. The molecular weight excluding hydrogens is 432 g/mol. The predicted molar refractivity (Wildman–Crippen MR) is 121 cm³/mol. The smallest absolute Gasteiger partial charge is 0.285 e. The average molecular weight is 455 g/mol. The molecule has 0 N–H and O–H groups in total. The van der Waals surface area contributed by atoms with Crippen molar-refractivity contribution in [3.8, 4) is 0 Å². The molecule has 1 aromatic heterocycles. The van der Waals surface area contributed by atoms with Crippen LogP contribution in [0.1, 0.15) is 29.3 Å². The van der Waals surface area contributed by atoms with Gasteiger partial charge in [0.2, 0.25) is 5.91 Å². The van der Waals surface area contributed by atoms with Gasteiger partial charge in [0.15, 0.2) is 5.84 Å². The summed E-state index contributed by atoms with van der Waals surface area (Å²) in [6.07, 6.45) is 1.94. The fraction of sp³-hybridized carbons (Fsp3) is 0.318. The second kappa shape index (κ2) is 7.72. The Bertz CT molecular complexity index is 1270. The molecule has 2 aliphatic rings. The van der Waals surface area contributed by atoms with Gasteiger partial charge in [0.1, 0.15) is 4.90 Å². The van der Waals surface area contributed by atoms with Gasteiger partial charge in [-0.05, 0) is 37.1 Å². The normalized spacial score (nSPS) is 19.8. The molecule has 3 aromatic rings. The number of sulfonamides is 1. The lowest BCUT2D eigenvalue weighted by Crippen LogP contribution is -2.45. The lowest BCUT2D eigenvalue weighted by Gasteiger charge is -2.33. The van der Waals surface area contributed by atoms with Gasteiger partial charge in [0.25, 0.3) is 10.0 Å². The van der Waals surface area contributed by atoms with E-state index in [2.05, 4.69) is 10.5 Å². The van der Waals surface area contributed by atoms with Crippen LogP contribution in [-0.4, -0.2) is 61.6 Å². The molecule has 0 radical (unpaired) electrons. The van der Waals surface area contributed by atoms with Crippen LogP contribution in [0.2, 0.25) is 0 Å². The lowest BCUT2D eigenvalue weighted by molar-refractivity contribution is -0.132. The summed E-state index contributed by atoms with van der Waals surface area (Å²) in [5, 5.41) is 1.08. The third-order valence-electron chi connectivity index (χ3n) is 5.78. The zero-order chi connectivity index (χ0) is 21.6. The highest BCUT2D eigenvalue weighted by Crippen LogP contribution is 2.33. The summed E-state index contributed by atoms with van der Waals surface area (Å²) in [7, 11) is -1.99. The van der Waals surface area contributed by atoms with E-state index >= 15 is 0 Å². The van der Waals surface area contributed by atoms with Gasteiger partial charge < -0.3 is 9.80 Å². The van der Waals surface area contributed by atoms with Gasteiger partial charge in [0, 0.05) is 31.6 Å². The van der Waals surface area contributed by atoms with Crippen molar-refractivity contribution in [2.45, 2.75) is 23.7 Å². The summed E-state index contributed by atoms with van der Waals surface area (Å²) in [5.41, 5.74) is 1.55. The molecule has 9 heteroatoms. The van der Waals surface area contributed by atoms with Crippen LogP contribution in [0, 0.1) is 0 Å². The number of amides is 1. The second-order valence-corrected chi connectivity index (χ2v) is 10.6. The largest absolute Gasteiger partial charge is 0.349 e. The number of likely N-dealkylation sites (tertiary alicyclic amines) is 1. The maximum atomic E-state index is 13.1. The SMILES string of the molecule is CN(CC(=O)N1CCCC(c2nc3ccccc3s2)C1)C1=NS(=O)(=O)c2ccccc21. The van der Waals surface area contributed by atoms with Crippen molar-refractivity contribution in [1.29, 1.82) is 0 Å². The van der Waals surface area contributed by atoms with E-state index in [4.69, 9.17) is 4.98 Å². The number of aromatic nitrogens is 1. The molecule has 7 nitrogen and oxygen atoms in total. The predicted octanol–water partition coefficient (Wildman–Crippen LogP) is 3.08. The van der Waals surface area contributed by atoms with E-state index in [-0.39, 0.29) is 23.3 Å². The van der Waals surface area contributed by atoms with Crippen LogP contribution in [-0.2, 0) is 14.8 Å². The van der Waals surface area contributed by atoms with Crippen LogP contribution < -0.4 is 0 Å². The Morgan fingerprint density at radius 2 is 1.97 bits per heavy atom. The van der Waals surface area contributed by atoms with E-state index in [0.29, 0.717) is 24.5 Å². The van der Waals surface area contributed by atoms with Gasteiger partial charge >= 0.3 is 0 Å². The van der Waals surface area contributed by atoms with Crippen LogP contribution in [0.5, 0.6) is 0 Å². The van der Waals surface area contributed by atoms with Gasteiger partial charge in [-0.25, -0.2) is 4.98 Å². The number of para-hydroxylation sites is 1. The fourth-order valence-corrected chi connectivity index (χ4v) is 6.56. The molecule has 0 saturated carbocycles. The monoisotopic (exact) mass is 454 g/mol. The van der Waals surface area contributed by atoms with Crippen LogP contribution in [0.25, 0.3) is 10.2 Å². The zero-order valence-corrected chi connectivity index (χ0v) is 18.7. The first-order chi connectivity index (χ1) is 14.9. The number of carbonyl (C=O) groups is 1. The van der Waals surface area contributed by atoms with E-state index < -0.39 is 10.0 Å². The number of likely N-dealkylation sites (N-methyl/N-ethyl adjacent to an activating group) is 1. The highest BCUT2D eigenvalue weighted by molar-refractivity contribution is 7.90. The quantitative estimate of drug-likeness (QED) is 0.607. The molecule has 1 unspecified atom stereocenters. The molecule has 0 aliphatic carbocycles. The number of nitrogens with zero attached hydrogens (tertiary/aromatic N) is 4. The number of rotatable bonds is 3. The molecule has 2 aromatic carbocycles. The van der Waals surface area contributed by atoms with Gasteiger partial charge in [-0.2, -0.15) is 8.42 Å². The highest BCUT2D eigenvalue weighted by atomic mass is 32.2. The molecular formula is C22H22N4O3S2. The third-order valence-corrected chi connectivity index (χ3v) is 8.30. The average Bonchev–Trinajstić information content (AvgIpc) is 3.33. The van der Waals surface area contributed by atoms with Crippen molar-refractivity contribution in [1.82, 2.24) is 14.8 Å². The van der Waals surface area contributed by atoms with Crippen molar-refractivity contribution in [3.63, 3.8) is 0 Å². The summed E-state index contributed by atoms with van der Waals surface area (Å²) < 4.78 is 29.7. The van der Waals surface area contributed by atoms with Gasteiger partial charge in [-0.1, -0.05) is 24.3 Å². The van der Waals surface area contributed by atoms with Crippen LogP contribution in [0.3, 0.4) is 0 Å². The van der Waals surface area contributed by atoms with Gasteiger partial charge in [-0.15, -0.1) is 15.7 Å². The summed E-state index contributed by atoms with van der Waals surface area (Å²) in [5.74, 6) is 0.520. The molecule has 3 heterocycles. The third kappa shape index (κ3) is 3.72. The number of carbonyl (C=O) groups excluding carboxylic acids is 1. The standard InChI is InChI=1S/C22H22N4O3S2/c1-25(21-16-8-2-5-11-19(16)31(28,29)24-21)14-20(27)26-12-6-7-15(13-26)22-23-17-9-3-4-10-18(17)30-22/h2-5,8-11,15H,6-7,12-14H2,1H3. The minimum Gasteiger partial charge on any atom is -0.349 e. The molecule has 1 saturated heterocycles. The molecule has 31 heavy (non-hydrogen) atoms. The Labute approximate surface area is 185 Å². The van der Waals surface area contributed by atoms with Crippen LogP contribution >= 0.6 is 11.3 Å². The number of amidine groups is 1. The van der Waals surface area contributed by atoms with E-state index in [1.54, 1.807) is 47.5 Å². The molecule has 0 bridgehead atoms. The number of hydrogen-bond acceptors (Lipinski definition) is 6. The van der Waals surface area contributed by atoms with E-state index in [1.165, 1.54) is 4.70 Å². The first-order valence-electron chi connectivity index (χ1n) is 10.2. The van der Waals surface area contributed by atoms with Crippen molar-refractivity contribution < 1.29 is 13.2 Å². The number of thiazole rings is 1. The first-order valence-corrected chi connectivity index (χ1v) is 12.5. The topological polar surface area (TPSA) is 82.9 Å². The maximum Gasteiger partial charge on any atom is 0.285 e. The Morgan fingerprint density at radius 1 is 1.19 bits per heavy atom. The minimum atomic E-state index is -3.70. The summed E-state index contributed by atoms with van der Waals surface area (Å²) in [4.78, 5) is 21.5. The Hall–Kier alpha value is -2.78. The second-order valence-electron chi connectivity index (χ2n) is 7.94. The van der Waals surface area contributed by atoms with Gasteiger partial charge in [-0.3, -0.25) is 4.79 Å². The lowest BCUT2D eigenvalue weighted by atomic mass is 9.98. The molecule has 2 aliphatic heterocycles. The van der Waals surface area contributed by atoms with Crippen molar-refractivity contribution in [2.75, 3.05) is 26.7 Å². The first kappa shape index (κ1) is 20.1. The Kier molecular flexibility index (Phi) is 5.02. The molecule has 1 fully saturated rings. The highest BCUT2D eigenvalue weighted by Gasteiger charge is 2.32. The summed E-state index contributed by atoms with van der Waals surface area (Å²) in [6, 6.07) is 14.8. The molecule has 5 rings (SSSR count). The van der Waals surface area contributed by atoms with Crippen molar-refractivity contribution >= 4 is 43.3 Å². The zero-order valence-electron chi connectivity index (χ0n) is 17.1. The Balaban J connectivity index is 1.30. The molecule has 1 atom stereocenters. The number of hydrogen-bond donors (Lipinski definition) is 0. The van der Waals surface area contributed by atoms with Crippen LogP contribution in [0.15, 0.2) is 57.8 Å². The van der Waals surface area contributed by atoms with Gasteiger partial charge in [0.05, 0.1) is 21.8 Å². The van der Waals surface area contributed by atoms with Crippen molar-refractivity contribution in [3.05, 3.63) is 59.1 Å². The van der Waals surface area contributed by atoms with E-state index in [0.717, 1.165) is 23.4 Å². The molecule has 1 amide bonds. The molecule has 0 spiro atoms. The number of fused-ring (bicyclic) bond motifs is 2. The van der Waals surface area contributed by atoms with E-state index in [1.807, 2.05) is 23.1 Å².